The molecule has 6 aromatic rings. The minimum atomic E-state index is 0.212. The number of pyridine rings is 1. The van der Waals surface area contributed by atoms with Crippen LogP contribution >= 0.6 is 0 Å². The highest BCUT2D eigenvalue weighted by atomic mass is 16.1. The Morgan fingerprint density at radius 1 is 0.704 bits per heavy atom. The Morgan fingerprint density at radius 3 is 2.56 bits per heavy atom. The SMILES string of the molecule is O=C1Cc2cccc3cc4c5cccc6ccnc(c7ccc1c(c23)c47)c65. The number of ketones is 1. The molecule has 27 heavy (non-hydrogen) atoms. The molecule has 0 radical (unpaired) electrons. The summed E-state index contributed by atoms with van der Waals surface area (Å²) in [6.45, 7) is 0. The second-order valence-corrected chi connectivity index (χ2v) is 7.51. The molecule has 1 aliphatic rings. The van der Waals surface area contributed by atoms with Gasteiger partial charge >= 0.3 is 0 Å². The summed E-state index contributed by atoms with van der Waals surface area (Å²) in [5.41, 5.74) is 3.02. The third kappa shape index (κ3) is 1.49. The Hall–Kier alpha value is -3.52. The van der Waals surface area contributed by atoms with Gasteiger partial charge in [-0.3, -0.25) is 9.78 Å². The van der Waals surface area contributed by atoms with Crippen molar-refractivity contribution in [3.05, 3.63) is 78.0 Å². The van der Waals surface area contributed by atoms with Crippen LogP contribution in [0.25, 0.3) is 54.0 Å². The first-order chi connectivity index (χ1) is 13.3. The molecular formula is C25H13NO. The summed E-state index contributed by atoms with van der Waals surface area (Å²) in [6.07, 6.45) is 2.37. The number of carbonyl (C=O) groups excluding carboxylic acids is 1. The van der Waals surface area contributed by atoms with E-state index in [-0.39, 0.29) is 5.78 Å². The topological polar surface area (TPSA) is 30.0 Å². The zero-order valence-corrected chi connectivity index (χ0v) is 14.4. The molecule has 0 atom stereocenters. The summed E-state index contributed by atoms with van der Waals surface area (Å²) in [6, 6.07) is 21.2. The van der Waals surface area contributed by atoms with Gasteiger partial charge in [-0.15, -0.1) is 0 Å². The number of fused-ring (bicyclic) bond motifs is 2. The van der Waals surface area contributed by atoms with Gasteiger partial charge in [-0.05, 0) is 44.6 Å². The lowest BCUT2D eigenvalue weighted by molar-refractivity contribution is 0.0994. The monoisotopic (exact) mass is 343 g/mol. The molecule has 0 unspecified atom stereocenters. The van der Waals surface area contributed by atoms with Crippen LogP contribution in [0.4, 0.5) is 0 Å². The Bertz CT molecular complexity index is 1600. The van der Waals surface area contributed by atoms with Crippen LogP contribution in [0.3, 0.4) is 0 Å². The molecule has 0 N–H and O–H groups in total. The molecular weight excluding hydrogens is 330 g/mol. The summed E-state index contributed by atoms with van der Waals surface area (Å²) >= 11 is 0. The van der Waals surface area contributed by atoms with Gasteiger partial charge in [0.1, 0.15) is 0 Å². The fourth-order valence-corrected chi connectivity index (χ4v) is 5.13. The summed E-state index contributed by atoms with van der Waals surface area (Å²) in [7, 11) is 0. The standard InChI is InChI=1S/C25H13NO/c27-20-12-15-5-1-4-14-11-19-16-6-2-3-13-9-10-26-25(22(13)16)18-8-7-17(20)24(21(14)15)23(18)19/h1-11H,12H2. The molecule has 1 aromatic heterocycles. The maximum Gasteiger partial charge on any atom is 0.167 e. The molecule has 124 valence electrons. The molecule has 0 fully saturated rings. The minimum Gasteiger partial charge on any atom is -0.294 e. The van der Waals surface area contributed by atoms with Gasteiger partial charge in [-0.1, -0.05) is 48.5 Å². The van der Waals surface area contributed by atoms with Gasteiger partial charge in [-0.2, -0.15) is 0 Å². The maximum atomic E-state index is 12.9. The van der Waals surface area contributed by atoms with Crippen LogP contribution in [0.1, 0.15) is 15.9 Å². The first-order valence-electron chi connectivity index (χ1n) is 9.24. The van der Waals surface area contributed by atoms with E-state index >= 15 is 0 Å². The zero-order valence-electron chi connectivity index (χ0n) is 14.4. The molecule has 0 aliphatic heterocycles. The first-order valence-corrected chi connectivity index (χ1v) is 9.24. The Balaban J connectivity index is 1.96. The number of rotatable bonds is 0. The number of Topliss-reactive ketones (excluding diaryl/α,β-unsaturated/α-hetero) is 1. The van der Waals surface area contributed by atoms with E-state index in [0.29, 0.717) is 6.42 Å². The van der Waals surface area contributed by atoms with Crippen LogP contribution in [0, 0.1) is 0 Å². The largest absolute Gasteiger partial charge is 0.294 e. The van der Waals surface area contributed by atoms with Gasteiger partial charge in [0.05, 0.1) is 5.52 Å². The first kappa shape index (κ1) is 13.7. The van der Waals surface area contributed by atoms with Gasteiger partial charge in [0.15, 0.2) is 5.78 Å². The third-order valence-electron chi connectivity index (χ3n) is 6.20. The van der Waals surface area contributed by atoms with Gasteiger partial charge in [0.25, 0.3) is 0 Å². The van der Waals surface area contributed by atoms with E-state index in [4.69, 9.17) is 4.98 Å². The highest BCUT2D eigenvalue weighted by molar-refractivity contribution is 6.38. The van der Waals surface area contributed by atoms with Crippen molar-refractivity contribution >= 4 is 59.8 Å². The van der Waals surface area contributed by atoms with Crippen LogP contribution < -0.4 is 0 Å². The number of hydrogen-bond donors (Lipinski definition) is 0. The van der Waals surface area contributed by atoms with E-state index in [9.17, 15) is 4.79 Å². The van der Waals surface area contributed by atoms with E-state index in [1.807, 2.05) is 12.3 Å². The Labute approximate surface area is 154 Å². The van der Waals surface area contributed by atoms with Crippen molar-refractivity contribution in [3.63, 3.8) is 0 Å². The summed E-state index contributed by atoms with van der Waals surface area (Å²) in [4.78, 5) is 17.6. The number of carbonyl (C=O) groups is 1. The minimum absolute atomic E-state index is 0.212. The molecule has 0 saturated carbocycles. The molecule has 1 heterocycles. The average molecular weight is 343 g/mol. The van der Waals surface area contributed by atoms with E-state index < -0.39 is 0 Å². The summed E-state index contributed by atoms with van der Waals surface area (Å²) < 4.78 is 0. The van der Waals surface area contributed by atoms with Crippen molar-refractivity contribution in [2.45, 2.75) is 6.42 Å². The lowest BCUT2D eigenvalue weighted by Gasteiger charge is -2.21. The van der Waals surface area contributed by atoms with E-state index in [1.165, 1.54) is 37.7 Å². The number of hydrogen-bond acceptors (Lipinski definition) is 2. The summed E-state index contributed by atoms with van der Waals surface area (Å²) in [5, 5.41) is 10.7. The second kappa shape index (κ2) is 4.41. The normalized spacial score (nSPS) is 13.9. The number of benzene rings is 5. The predicted molar refractivity (Wildman–Crippen MR) is 111 cm³/mol. The molecule has 0 bridgehead atoms. The molecule has 0 spiro atoms. The number of aromatic nitrogens is 1. The van der Waals surface area contributed by atoms with E-state index in [0.717, 1.165) is 27.4 Å². The van der Waals surface area contributed by atoms with Gasteiger partial charge in [0.2, 0.25) is 0 Å². The molecule has 0 saturated heterocycles. The third-order valence-corrected chi connectivity index (χ3v) is 6.20. The van der Waals surface area contributed by atoms with Gasteiger partial charge in [-0.25, -0.2) is 0 Å². The number of nitrogens with zero attached hydrogens (tertiary/aromatic N) is 1. The molecule has 2 heteroatoms. The van der Waals surface area contributed by atoms with Crippen LogP contribution in [-0.4, -0.2) is 10.8 Å². The zero-order chi connectivity index (χ0) is 17.7. The molecule has 5 aromatic carbocycles. The van der Waals surface area contributed by atoms with Crippen molar-refractivity contribution < 1.29 is 4.79 Å². The van der Waals surface area contributed by atoms with E-state index in [2.05, 4.69) is 54.6 Å². The quantitative estimate of drug-likeness (QED) is 0.249. The maximum absolute atomic E-state index is 12.9. The van der Waals surface area contributed by atoms with E-state index in [1.54, 1.807) is 0 Å². The Kier molecular flexibility index (Phi) is 2.23. The predicted octanol–water partition coefficient (Wildman–Crippen LogP) is 6.02. The lowest BCUT2D eigenvalue weighted by atomic mass is 9.81. The van der Waals surface area contributed by atoms with Crippen LogP contribution in [0.2, 0.25) is 0 Å². The highest BCUT2D eigenvalue weighted by Crippen LogP contribution is 2.45. The smallest absolute Gasteiger partial charge is 0.167 e. The fourth-order valence-electron chi connectivity index (χ4n) is 5.13. The fraction of sp³-hybridized carbons (Fsp3) is 0.0400. The molecule has 2 nitrogen and oxygen atoms in total. The lowest BCUT2D eigenvalue weighted by Crippen LogP contribution is -2.10. The van der Waals surface area contributed by atoms with Crippen molar-refractivity contribution in [2.24, 2.45) is 0 Å². The summed E-state index contributed by atoms with van der Waals surface area (Å²) in [5.74, 6) is 0.212. The van der Waals surface area contributed by atoms with Crippen molar-refractivity contribution in [2.75, 3.05) is 0 Å². The van der Waals surface area contributed by atoms with Crippen LogP contribution in [-0.2, 0) is 6.42 Å². The van der Waals surface area contributed by atoms with Crippen molar-refractivity contribution in [3.8, 4) is 0 Å². The second-order valence-electron chi connectivity index (χ2n) is 7.51. The Morgan fingerprint density at radius 2 is 1.59 bits per heavy atom. The van der Waals surface area contributed by atoms with Crippen LogP contribution in [0.15, 0.2) is 66.9 Å². The highest BCUT2D eigenvalue weighted by Gasteiger charge is 2.25. The van der Waals surface area contributed by atoms with Gasteiger partial charge < -0.3 is 0 Å². The molecule has 7 rings (SSSR count). The average Bonchev–Trinajstić information content (AvgIpc) is 2.71. The molecule has 0 amide bonds. The molecule has 1 aliphatic carbocycles. The van der Waals surface area contributed by atoms with Crippen molar-refractivity contribution in [1.29, 1.82) is 0 Å². The van der Waals surface area contributed by atoms with Crippen LogP contribution in [0.5, 0.6) is 0 Å². The van der Waals surface area contributed by atoms with Gasteiger partial charge in [0, 0.05) is 39.7 Å². The van der Waals surface area contributed by atoms with Crippen molar-refractivity contribution in [1.82, 2.24) is 4.98 Å².